The fourth-order valence-electron chi connectivity index (χ4n) is 1.95. The first-order chi connectivity index (χ1) is 7.68. The molecule has 1 atom stereocenters. The van der Waals surface area contributed by atoms with Gasteiger partial charge in [-0.05, 0) is 38.0 Å². The Bertz CT molecular complexity index is 434. The molecule has 0 bridgehead atoms. The van der Waals surface area contributed by atoms with Gasteiger partial charge >= 0.3 is 6.18 Å². The smallest absolute Gasteiger partial charge is 0.388 e. The zero-order valence-electron chi connectivity index (χ0n) is 9.60. The number of halogens is 3. The van der Waals surface area contributed by atoms with Crippen molar-refractivity contribution in [2.75, 3.05) is 5.32 Å². The molecule has 1 heterocycles. The molecule has 0 radical (unpaired) electrons. The van der Waals surface area contributed by atoms with Crippen molar-refractivity contribution in [3.05, 3.63) is 29.3 Å². The Labute approximate surface area is 97.5 Å². The number of alkyl halides is 3. The maximum Gasteiger partial charge on any atom is 0.416 e. The Morgan fingerprint density at radius 1 is 1.29 bits per heavy atom. The molecule has 1 aliphatic heterocycles. The van der Waals surface area contributed by atoms with Crippen molar-refractivity contribution < 1.29 is 18.3 Å². The van der Waals surface area contributed by atoms with Gasteiger partial charge in [0.2, 0.25) is 0 Å². The third kappa shape index (κ3) is 2.39. The summed E-state index contributed by atoms with van der Waals surface area (Å²) in [4.78, 5) is 0. The van der Waals surface area contributed by atoms with E-state index in [-0.39, 0.29) is 6.04 Å². The van der Waals surface area contributed by atoms with E-state index in [1.165, 1.54) is 6.07 Å². The molecule has 17 heavy (non-hydrogen) atoms. The molecule has 1 aromatic rings. The second kappa shape index (κ2) is 3.63. The van der Waals surface area contributed by atoms with E-state index in [1.807, 2.05) is 0 Å². The summed E-state index contributed by atoms with van der Waals surface area (Å²) in [5.74, 6) is 0. The molecule has 1 unspecified atom stereocenters. The van der Waals surface area contributed by atoms with Crippen molar-refractivity contribution in [1.29, 1.82) is 0 Å². The van der Waals surface area contributed by atoms with Crippen molar-refractivity contribution in [2.24, 2.45) is 0 Å². The SMILES string of the molecule is CC(C)(O)C1Cc2ccc(C(F)(F)F)cc2N1. The summed E-state index contributed by atoms with van der Waals surface area (Å²) in [6.45, 7) is 3.28. The topological polar surface area (TPSA) is 32.3 Å². The van der Waals surface area contributed by atoms with Crippen LogP contribution in [0.3, 0.4) is 0 Å². The highest BCUT2D eigenvalue weighted by Crippen LogP contribution is 2.36. The van der Waals surface area contributed by atoms with E-state index in [1.54, 1.807) is 13.8 Å². The van der Waals surface area contributed by atoms with Crippen LogP contribution in [0.5, 0.6) is 0 Å². The molecule has 94 valence electrons. The van der Waals surface area contributed by atoms with Gasteiger partial charge in [0.25, 0.3) is 0 Å². The summed E-state index contributed by atoms with van der Waals surface area (Å²) >= 11 is 0. The van der Waals surface area contributed by atoms with E-state index in [4.69, 9.17) is 0 Å². The second-order valence-corrected chi connectivity index (χ2v) is 4.92. The summed E-state index contributed by atoms with van der Waals surface area (Å²) in [7, 11) is 0. The molecular formula is C12H14F3NO. The maximum atomic E-state index is 12.5. The molecule has 5 heteroatoms. The number of rotatable bonds is 1. The number of hydrogen-bond acceptors (Lipinski definition) is 2. The lowest BCUT2D eigenvalue weighted by atomic mass is 9.96. The van der Waals surface area contributed by atoms with E-state index in [9.17, 15) is 18.3 Å². The molecule has 1 aromatic carbocycles. The minimum atomic E-state index is -4.33. The fraction of sp³-hybridized carbons (Fsp3) is 0.500. The molecule has 2 rings (SSSR count). The lowest BCUT2D eigenvalue weighted by Gasteiger charge is -2.25. The summed E-state index contributed by atoms with van der Waals surface area (Å²) in [6.07, 6.45) is -3.79. The van der Waals surface area contributed by atoms with Gasteiger partial charge in [0.05, 0.1) is 17.2 Å². The van der Waals surface area contributed by atoms with Gasteiger partial charge in [-0.15, -0.1) is 0 Å². The molecule has 0 spiro atoms. The van der Waals surface area contributed by atoms with Crippen LogP contribution < -0.4 is 5.32 Å². The summed E-state index contributed by atoms with van der Waals surface area (Å²) in [5, 5.41) is 12.8. The van der Waals surface area contributed by atoms with Gasteiger partial charge < -0.3 is 10.4 Å². The highest BCUT2D eigenvalue weighted by Gasteiger charge is 2.35. The molecule has 0 saturated carbocycles. The average molecular weight is 245 g/mol. The minimum Gasteiger partial charge on any atom is -0.388 e. The van der Waals surface area contributed by atoms with Gasteiger partial charge in [-0.2, -0.15) is 13.2 Å². The monoisotopic (exact) mass is 245 g/mol. The third-order valence-electron chi connectivity index (χ3n) is 3.04. The number of aliphatic hydroxyl groups is 1. The summed E-state index contributed by atoms with van der Waals surface area (Å²) in [5.41, 5.74) is -0.352. The van der Waals surface area contributed by atoms with Crippen LogP contribution in [0.1, 0.15) is 25.0 Å². The molecule has 0 aliphatic carbocycles. The van der Waals surface area contributed by atoms with Crippen LogP contribution >= 0.6 is 0 Å². The molecule has 2 nitrogen and oxygen atoms in total. The third-order valence-corrected chi connectivity index (χ3v) is 3.04. The van der Waals surface area contributed by atoms with Gasteiger partial charge in [-0.1, -0.05) is 6.07 Å². The average Bonchev–Trinajstić information content (AvgIpc) is 2.57. The van der Waals surface area contributed by atoms with Crippen molar-refractivity contribution in [3.8, 4) is 0 Å². The van der Waals surface area contributed by atoms with Gasteiger partial charge in [0.15, 0.2) is 0 Å². The van der Waals surface area contributed by atoms with E-state index < -0.39 is 17.3 Å². The Kier molecular flexibility index (Phi) is 2.61. The van der Waals surface area contributed by atoms with Crippen molar-refractivity contribution >= 4 is 5.69 Å². The van der Waals surface area contributed by atoms with Crippen LogP contribution in [-0.4, -0.2) is 16.7 Å². The lowest BCUT2D eigenvalue weighted by molar-refractivity contribution is -0.137. The molecule has 0 amide bonds. The number of hydrogen-bond donors (Lipinski definition) is 2. The van der Waals surface area contributed by atoms with Crippen LogP contribution in [0.25, 0.3) is 0 Å². The number of fused-ring (bicyclic) bond motifs is 1. The number of nitrogens with one attached hydrogen (secondary N) is 1. The van der Waals surface area contributed by atoms with Gasteiger partial charge in [-0.25, -0.2) is 0 Å². The Morgan fingerprint density at radius 3 is 2.47 bits per heavy atom. The largest absolute Gasteiger partial charge is 0.416 e. The molecule has 0 aromatic heterocycles. The quantitative estimate of drug-likeness (QED) is 0.797. The van der Waals surface area contributed by atoms with E-state index in [2.05, 4.69) is 5.32 Å². The molecule has 0 fully saturated rings. The summed E-state index contributed by atoms with van der Waals surface area (Å²) in [6, 6.07) is 3.39. The molecule has 2 N–H and O–H groups in total. The standard InChI is InChI=1S/C12H14F3NO/c1-11(2,17)10-5-7-3-4-8(12(13,14)15)6-9(7)16-10/h3-4,6,10,16-17H,5H2,1-2H3. The minimum absolute atomic E-state index is 0.249. The number of benzene rings is 1. The summed E-state index contributed by atoms with van der Waals surface area (Å²) < 4.78 is 37.5. The van der Waals surface area contributed by atoms with Crippen LogP contribution in [0, 0.1) is 0 Å². The zero-order valence-corrected chi connectivity index (χ0v) is 9.60. The van der Waals surface area contributed by atoms with Crippen LogP contribution in [-0.2, 0) is 12.6 Å². The van der Waals surface area contributed by atoms with Crippen molar-refractivity contribution in [2.45, 2.75) is 38.1 Å². The Balaban J connectivity index is 2.29. The van der Waals surface area contributed by atoms with Crippen LogP contribution in [0.4, 0.5) is 18.9 Å². The lowest BCUT2D eigenvalue weighted by Crippen LogP contribution is -2.40. The van der Waals surface area contributed by atoms with E-state index in [0.29, 0.717) is 12.1 Å². The van der Waals surface area contributed by atoms with Gasteiger partial charge in [0, 0.05) is 5.69 Å². The predicted octanol–water partition coefficient (Wildman–Crippen LogP) is 2.81. The first-order valence-corrected chi connectivity index (χ1v) is 5.37. The molecule has 0 saturated heterocycles. The van der Waals surface area contributed by atoms with E-state index in [0.717, 1.165) is 17.7 Å². The van der Waals surface area contributed by atoms with Gasteiger partial charge in [0.1, 0.15) is 0 Å². The normalized spacial score (nSPS) is 20.0. The second-order valence-electron chi connectivity index (χ2n) is 4.92. The van der Waals surface area contributed by atoms with Crippen LogP contribution in [0.15, 0.2) is 18.2 Å². The highest BCUT2D eigenvalue weighted by molar-refractivity contribution is 5.59. The Hall–Kier alpha value is -1.23. The first-order valence-electron chi connectivity index (χ1n) is 5.37. The number of anilines is 1. The molecule has 1 aliphatic rings. The van der Waals surface area contributed by atoms with Gasteiger partial charge in [-0.3, -0.25) is 0 Å². The molecular weight excluding hydrogens is 231 g/mol. The van der Waals surface area contributed by atoms with E-state index >= 15 is 0 Å². The Morgan fingerprint density at radius 2 is 1.94 bits per heavy atom. The fourth-order valence-corrected chi connectivity index (χ4v) is 1.95. The first kappa shape index (κ1) is 12.2. The zero-order chi connectivity index (χ0) is 12.8. The van der Waals surface area contributed by atoms with Crippen molar-refractivity contribution in [1.82, 2.24) is 0 Å². The maximum absolute atomic E-state index is 12.5. The highest BCUT2D eigenvalue weighted by atomic mass is 19.4. The van der Waals surface area contributed by atoms with Crippen LogP contribution in [0.2, 0.25) is 0 Å². The predicted molar refractivity (Wildman–Crippen MR) is 58.9 cm³/mol. The van der Waals surface area contributed by atoms with Crippen molar-refractivity contribution in [3.63, 3.8) is 0 Å².